The highest BCUT2D eigenvalue weighted by molar-refractivity contribution is 5.94. The molecule has 0 radical (unpaired) electrons. The maximum absolute atomic E-state index is 12.6. The lowest BCUT2D eigenvalue weighted by Gasteiger charge is -2.25. The minimum absolute atomic E-state index is 0.0672. The van der Waals surface area contributed by atoms with Crippen LogP contribution in [0.4, 0.5) is 0 Å². The monoisotopic (exact) mass is 388 g/mol. The fraction of sp³-hybridized carbons (Fsp3) is 0.240. The van der Waals surface area contributed by atoms with Crippen LogP contribution in [0.25, 0.3) is 11.1 Å². The van der Waals surface area contributed by atoms with E-state index in [1.807, 2.05) is 75.6 Å². The maximum atomic E-state index is 12.6. The fourth-order valence-electron chi connectivity index (χ4n) is 3.29. The average molecular weight is 389 g/mol. The van der Waals surface area contributed by atoms with E-state index in [4.69, 9.17) is 4.74 Å². The Bertz CT molecular complexity index is 904. The third-order valence-corrected chi connectivity index (χ3v) is 4.91. The van der Waals surface area contributed by atoms with Crippen molar-refractivity contribution < 1.29 is 9.53 Å². The summed E-state index contributed by atoms with van der Waals surface area (Å²) in [4.78, 5) is 14.7. The van der Waals surface area contributed by atoms with Gasteiger partial charge in [0.2, 0.25) is 0 Å². The van der Waals surface area contributed by atoms with E-state index in [1.54, 1.807) is 0 Å². The molecule has 0 aliphatic carbocycles. The van der Waals surface area contributed by atoms with Gasteiger partial charge in [0, 0.05) is 12.1 Å². The number of carbonyl (C=O) groups excluding carboxylic acids is 1. The van der Waals surface area contributed by atoms with Gasteiger partial charge in [0.25, 0.3) is 5.91 Å². The molecule has 0 saturated carbocycles. The third kappa shape index (κ3) is 5.46. The van der Waals surface area contributed by atoms with E-state index in [0.717, 1.165) is 22.4 Å². The summed E-state index contributed by atoms with van der Waals surface area (Å²) in [6.07, 6.45) is 0. The number of carbonyl (C=O) groups is 1. The summed E-state index contributed by atoms with van der Waals surface area (Å²) in [5.74, 6) is 0.790. The summed E-state index contributed by atoms with van der Waals surface area (Å²) in [5.41, 5.74) is 4.04. The van der Waals surface area contributed by atoms with Gasteiger partial charge in [-0.1, -0.05) is 54.6 Å². The van der Waals surface area contributed by atoms with Crippen LogP contribution in [0.1, 0.15) is 28.9 Å². The molecule has 1 amide bonds. The van der Waals surface area contributed by atoms with Crippen molar-refractivity contribution in [1.29, 1.82) is 0 Å². The predicted molar refractivity (Wildman–Crippen MR) is 118 cm³/mol. The van der Waals surface area contributed by atoms with E-state index in [0.29, 0.717) is 18.7 Å². The Morgan fingerprint density at radius 3 is 2.10 bits per heavy atom. The van der Waals surface area contributed by atoms with Crippen LogP contribution in [0, 0.1) is 0 Å². The fourth-order valence-corrected chi connectivity index (χ4v) is 3.29. The van der Waals surface area contributed by atoms with Crippen molar-refractivity contribution in [3.05, 3.63) is 90.0 Å². The zero-order valence-electron chi connectivity index (χ0n) is 17.3. The molecular weight excluding hydrogens is 360 g/mol. The second-order valence-electron chi connectivity index (χ2n) is 7.13. The second kappa shape index (κ2) is 9.89. The maximum Gasteiger partial charge on any atom is 0.251 e. The number of hydrogen-bond acceptors (Lipinski definition) is 3. The largest absolute Gasteiger partial charge is 0.494 e. The van der Waals surface area contributed by atoms with Gasteiger partial charge in [-0.15, -0.1) is 0 Å². The molecule has 0 fully saturated rings. The number of hydrogen-bond donors (Lipinski definition) is 1. The lowest BCUT2D eigenvalue weighted by atomic mass is 10.0. The smallest absolute Gasteiger partial charge is 0.251 e. The van der Waals surface area contributed by atoms with Crippen molar-refractivity contribution in [2.45, 2.75) is 13.0 Å². The Morgan fingerprint density at radius 2 is 1.52 bits per heavy atom. The molecule has 3 aromatic carbocycles. The molecule has 4 heteroatoms. The van der Waals surface area contributed by atoms with Crippen LogP contribution in [-0.2, 0) is 0 Å². The van der Waals surface area contributed by atoms with Crippen molar-refractivity contribution >= 4 is 5.91 Å². The molecule has 1 N–H and O–H groups in total. The molecule has 0 aromatic heterocycles. The van der Waals surface area contributed by atoms with Gasteiger partial charge >= 0.3 is 0 Å². The first kappa shape index (κ1) is 20.6. The Balaban J connectivity index is 1.64. The first-order valence-corrected chi connectivity index (χ1v) is 9.91. The number of nitrogens with one attached hydrogen (secondary N) is 1. The van der Waals surface area contributed by atoms with Crippen LogP contribution >= 0.6 is 0 Å². The van der Waals surface area contributed by atoms with Crippen molar-refractivity contribution in [2.24, 2.45) is 0 Å². The van der Waals surface area contributed by atoms with E-state index < -0.39 is 0 Å². The summed E-state index contributed by atoms with van der Waals surface area (Å²) < 4.78 is 5.52. The second-order valence-corrected chi connectivity index (χ2v) is 7.13. The van der Waals surface area contributed by atoms with Crippen molar-refractivity contribution in [1.82, 2.24) is 10.2 Å². The van der Waals surface area contributed by atoms with Gasteiger partial charge < -0.3 is 15.0 Å². The first-order valence-electron chi connectivity index (χ1n) is 9.91. The van der Waals surface area contributed by atoms with Crippen LogP contribution in [0.2, 0.25) is 0 Å². The SMILES string of the molecule is CCOc1ccc([C@@H](CNC(=O)c2ccc(-c3ccccc3)cc2)N(C)C)cc1. The van der Waals surface area contributed by atoms with E-state index in [-0.39, 0.29) is 11.9 Å². The zero-order chi connectivity index (χ0) is 20.6. The molecule has 3 rings (SSSR count). The number of likely N-dealkylation sites (N-methyl/N-ethyl adjacent to an activating group) is 1. The van der Waals surface area contributed by atoms with E-state index in [2.05, 4.69) is 34.5 Å². The molecule has 150 valence electrons. The molecule has 0 spiro atoms. The molecule has 0 unspecified atom stereocenters. The van der Waals surface area contributed by atoms with E-state index in [9.17, 15) is 4.79 Å². The van der Waals surface area contributed by atoms with Gasteiger partial charge in [0.05, 0.1) is 12.6 Å². The Kier molecular flexibility index (Phi) is 7.04. The summed E-state index contributed by atoms with van der Waals surface area (Å²) >= 11 is 0. The van der Waals surface area contributed by atoms with Gasteiger partial charge in [0.1, 0.15) is 5.75 Å². The van der Waals surface area contributed by atoms with Crippen LogP contribution in [-0.4, -0.2) is 38.1 Å². The topological polar surface area (TPSA) is 41.6 Å². The third-order valence-electron chi connectivity index (χ3n) is 4.91. The lowest BCUT2D eigenvalue weighted by molar-refractivity contribution is 0.0942. The number of nitrogens with zero attached hydrogens (tertiary/aromatic N) is 1. The van der Waals surface area contributed by atoms with Gasteiger partial charge in [-0.3, -0.25) is 4.79 Å². The van der Waals surface area contributed by atoms with Gasteiger partial charge in [-0.25, -0.2) is 0 Å². The Hall–Kier alpha value is -3.11. The minimum atomic E-state index is -0.0672. The molecule has 0 heterocycles. The molecule has 0 aliphatic heterocycles. The van der Waals surface area contributed by atoms with Gasteiger partial charge in [-0.2, -0.15) is 0 Å². The van der Waals surface area contributed by atoms with Crippen molar-refractivity contribution in [2.75, 3.05) is 27.2 Å². The van der Waals surface area contributed by atoms with E-state index in [1.165, 1.54) is 0 Å². The van der Waals surface area contributed by atoms with Crippen LogP contribution in [0.3, 0.4) is 0 Å². The van der Waals surface area contributed by atoms with Crippen LogP contribution in [0.5, 0.6) is 5.75 Å². The Labute approximate surface area is 173 Å². The summed E-state index contributed by atoms with van der Waals surface area (Å²) in [6, 6.07) is 26.0. The molecule has 1 atom stereocenters. The van der Waals surface area contributed by atoms with Crippen molar-refractivity contribution in [3.63, 3.8) is 0 Å². The van der Waals surface area contributed by atoms with Gasteiger partial charge in [0.15, 0.2) is 0 Å². The number of ether oxygens (including phenoxy) is 1. The highest BCUT2D eigenvalue weighted by Crippen LogP contribution is 2.22. The molecule has 3 aromatic rings. The molecule has 4 nitrogen and oxygen atoms in total. The number of benzene rings is 3. The summed E-state index contributed by atoms with van der Waals surface area (Å²) in [6.45, 7) is 3.15. The zero-order valence-corrected chi connectivity index (χ0v) is 17.3. The van der Waals surface area contributed by atoms with Crippen LogP contribution in [0.15, 0.2) is 78.9 Å². The normalized spacial score (nSPS) is 11.9. The lowest BCUT2D eigenvalue weighted by Crippen LogP contribution is -2.34. The summed E-state index contributed by atoms with van der Waals surface area (Å²) in [5, 5.41) is 3.07. The van der Waals surface area contributed by atoms with E-state index >= 15 is 0 Å². The average Bonchev–Trinajstić information content (AvgIpc) is 2.75. The highest BCUT2D eigenvalue weighted by Gasteiger charge is 2.16. The molecule has 0 saturated heterocycles. The minimum Gasteiger partial charge on any atom is -0.494 e. The first-order chi connectivity index (χ1) is 14.1. The van der Waals surface area contributed by atoms with Crippen molar-refractivity contribution in [3.8, 4) is 16.9 Å². The molecule has 0 aliphatic rings. The standard InChI is InChI=1S/C25H28N2O2/c1-4-29-23-16-14-21(15-17-23)24(27(2)3)18-26-25(28)22-12-10-20(11-13-22)19-8-6-5-7-9-19/h5-17,24H,4,18H2,1-3H3,(H,26,28)/t24-/m1/s1. The van der Waals surface area contributed by atoms with Crippen LogP contribution < -0.4 is 10.1 Å². The molecule has 29 heavy (non-hydrogen) atoms. The quantitative estimate of drug-likeness (QED) is 0.603. The molecular formula is C25H28N2O2. The number of amides is 1. The highest BCUT2D eigenvalue weighted by atomic mass is 16.5. The summed E-state index contributed by atoms with van der Waals surface area (Å²) in [7, 11) is 4.03. The van der Waals surface area contributed by atoms with Gasteiger partial charge in [-0.05, 0) is 62.0 Å². The predicted octanol–water partition coefficient (Wildman–Crippen LogP) is 4.79. The number of rotatable bonds is 8. The molecule has 0 bridgehead atoms. The Morgan fingerprint density at radius 1 is 0.897 bits per heavy atom.